The number of nitrogens with one attached hydrogen (secondary N) is 1. The van der Waals surface area contributed by atoms with Crippen molar-refractivity contribution in [3.8, 4) is 0 Å². The maximum absolute atomic E-state index is 11.9. The van der Waals surface area contributed by atoms with Gasteiger partial charge in [0.05, 0.1) is 16.7 Å². The lowest BCUT2D eigenvalue weighted by molar-refractivity contribution is 0.0911. The average molecular weight is 329 g/mol. The van der Waals surface area contributed by atoms with E-state index in [0.29, 0.717) is 10.4 Å². The van der Waals surface area contributed by atoms with Crippen LogP contribution >= 0.6 is 27.3 Å². The lowest BCUT2D eigenvalue weighted by Crippen LogP contribution is -2.26. The quantitative estimate of drug-likeness (QED) is 0.936. The molecule has 96 valence electrons. The summed E-state index contributed by atoms with van der Waals surface area (Å²) in [5.74, 6) is 0.0752. The van der Waals surface area contributed by atoms with Crippen LogP contribution in [-0.2, 0) is 0 Å². The highest BCUT2D eigenvalue weighted by molar-refractivity contribution is 9.10. The molecule has 0 aliphatic carbocycles. The zero-order chi connectivity index (χ0) is 13.3. The highest BCUT2D eigenvalue weighted by Crippen LogP contribution is 2.25. The number of aryl methyl sites for hydroxylation is 2. The molecule has 1 unspecified atom stereocenters. The highest BCUT2D eigenvalue weighted by atomic mass is 79.9. The number of amides is 1. The van der Waals surface area contributed by atoms with Crippen molar-refractivity contribution in [3.63, 3.8) is 0 Å². The first kappa shape index (κ1) is 13.3. The topological polar surface area (TPSA) is 55.1 Å². The van der Waals surface area contributed by atoms with Gasteiger partial charge in [-0.25, -0.2) is 4.98 Å². The molecule has 0 fully saturated rings. The molecule has 2 heterocycles. The number of hydrogen-bond acceptors (Lipinski definition) is 4. The Kier molecular flexibility index (Phi) is 3.87. The van der Waals surface area contributed by atoms with E-state index in [0.717, 1.165) is 15.6 Å². The summed E-state index contributed by atoms with van der Waals surface area (Å²) < 4.78 is 5.76. The summed E-state index contributed by atoms with van der Waals surface area (Å²) in [4.78, 5) is 17.3. The maximum atomic E-state index is 11.9. The SMILES string of the molecule is Cc1nc(C)c(C(C)NC(=O)c2ccc(Br)o2)s1. The van der Waals surface area contributed by atoms with Crippen LogP contribution in [0.25, 0.3) is 0 Å². The minimum Gasteiger partial charge on any atom is -0.444 e. The number of furan rings is 1. The number of rotatable bonds is 3. The van der Waals surface area contributed by atoms with Crippen molar-refractivity contribution in [1.29, 1.82) is 0 Å². The van der Waals surface area contributed by atoms with Crippen molar-refractivity contribution >= 4 is 33.2 Å². The Bertz CT molecular complexity index is 576. The molecule has 2 aromatic rings. The predicted molar refractivity (Wildman–Crippen MR) is 73.9 cm³/mol. The molecule has 4 nitrogen and oxygen atoms in total. The largest absolute Gasteiger partial charge is 0.444 e. The molecule has 0 saturated heterocycles. The van der Waals surface area contributed by atoms with Crippen molar-refractivity contribution in [2.75, 3.05) is 0 Å². The molecule has 18 heavy (non-hydrogen) atoms. The molecule has 0 aromatic carbocycles. The third-order valence-corrected chi connectivity index (χ3v) is 4.16. The van der Waals surface area contributed by atoms with E-state index in [1.165, 1.54) is 0 Å². The van der Waals surface area contributed by atoms with E-state index in [9.17, 15) is 4.79 Å². The fraction of sp³-hybridized carbons (Fsp3) is 0.333. The third kappa shape index (κ3) is 2.81. The number of aromatic nitrogens is 1. The van der Waals surface area contributed by atoms with Gasteiger partial charge in [-0.2, -0.15) is 0 Å². The smallest absolute Gasteiger partial charge is 0.287 e. The number of thiazole rings is 1. The van der Waals surface area contributed by atoms with Crippen molar-refractivity contribution in [2.24, 2.45) is 0 Å². The minimum absolute atomic E-state index is 0.0763. The van der Waals surface area contributed by atoms with Gasteiger partial charge in [-0.3, -0.25) is 4.79 Å². The van der Waals surface area contributed by atoms with Gasteiger partial charge in [-0.15, -0.1) is 11.3 Å². The molecule has 1 N–H and O–H groups in total. The molecule has 2 aromatic heterocycles. The summed E-state index contributed by atoms with van der Waals surface area (Å²) in [7, 11) is 0. The monoisotopic (exact) mass is 328 g/mol. The predicted octanol–water partition coefficient (Wildman–Crippen LogP) is 3.61. The number of carbonyl (C=O) groups excluding carboxylic acids is 1. The Morgan fingerprint density at radius 2 is 2.22 bits per heavy atom. The minimum atomic E-state index is -0.223. The first-order chi connectivity index (χ1) is 8.47. The molecule has 0 radical (unpaired) electrons. The second kappa shape index (κ2) is 5.24. The van der Waals surface area contributed by atoms with Gasteiger partial charge in [0.25, 0.3) is 5.91 Å². The molecule has 2 rings (SSSR count). The van der Waals surface area contributed by atoms with Gasteiger partial charge in [0, 0.05) is 4.88 Å². The Morgan fingerprint density at radius 1 is 1.50 bits per heavy atom. The van der Waals surface area contributed by atoms with Crippen molar-refractivity contribution in [2.45, 2.75) is 26.8 Å². The summed E-state index contributed by atoms with van der Waals surface area (Å²) in [5, 5.41) is 3.90. The van der Waals surface area contributed by atoms with Crippen LogP contribution in [0.1, 0.15) is 39.1 Å². The van der Waals surface area contributed by atoms with E-state index in [1.807, 2.05) is 20.8 Å². The van der Waals surface area contributed by atoms with Crippen molar-refractivity contribution in [3.05, 3.63) is 38.1 Å². The summed E-state index contributed by atoms with van der Waals surface area (Å²) in [5.41, 5.74) is 0.964. The van der Waals surface area contributed by atoms with E-state index in [2.05, 4.69) is 26.2 Å². The molecule has 6 heteroatoms. The van der Waals surface area contributed by atoms with Crippen LogP contribution in [0.15, 0.2) is 21.2 Å². The van der Waals surface area contributed by atoms with Crippen LogP contribution in [0, 0.1) is 13.8 Å². The van der Waals surface area contributed by atoms with Crippen molar-refractivity contribution in [1.82, 2.24) is 10.3 Å². The van der Waals surface area contributed by atoms with E-state index >= 15 is 0 Å². The van der Waals surface area contributed by atoms with E-state index in [-0.39, 0.29) is 11.9 Å². The number of halogens is 1. The van der Waals surface area contributed by atoms with Gasteiger partial charge >= 0.3 is 0 Å². The summed E-state index contributed by atoms with van der Waals surface area (Å²) >= 11 is 4.77. The van der Waals surface area contributed by atoms with E-state index in [1.54, 1.807) is 23.5 Å². The molecule has 0 aliphatic rings. The Hall–Kier alpha value is -1.14. The fourth-order valence-electron chi connectivity index (χ4n) is 1.72. The standard InChI is InChI=1S/C12H13BrN2O2S/c1-6-11(18-8(3)14-6)7(2)15-12(16)9-4-5-10(13)17-9/h4-5,7H,1-3H3,(H,15,16). The van der Waals surface area contributed by atoms with Gasteiger partial charge in [0.2, 0.25) is 0 Å². The molecule has 0 aliphatic heterocycles. The lowest BCUT2D eigenvalue weighted by Gasteiger charge is -2.11. The summed E-state index contributed by atoms with van der Waals surface area (Å²) in [6.07, 6.45) is 0. The van der Waals surface area contributed by atoms with Crippen LogP contribution in [0.3, 0.4) is 0 Å². The normalized spacial score (nSPS) is 12.4. The molecular formula is C12H13BrN2O2S. The van der Waals surface area contributed by atoms with E-state index < -0.39 is 0 Å². The zero-order valence-corrected chi connectivity index (χ0v) is 12.7. The summed E-state index contributed by atoms with van der Waals surface area (Å²) in [6, 6.07) is 3.26. The molecule has 0 saturated carbocycles. The molecule has 1 amide bonds. The molecule has 1 atom stereocenters. The third-order valence-electron chi connectivity index (χ3n) is 2.48. The molecule has 0 spiro atoms. The van der Waals surface area contributed by atoms with Gasteiger partial charge in [-0.1, -0.05) is 0 Å². The first-order valence-corrected chi connectivity index (χ1v) is 7.08. The van der Waals surface area contributed by atoms with Crippen molar-refractivity contribution < 1.29 is 9.21 Å². The second-order valence-corrected chi connectivity index (χ2v) is 6.00. The van der Waals surface area contributed by atoms with Crippen LogP contribution < -0.4 is 5.32 Å². The average Bonchev–Trinajstić information content (AvgIpc) is 2.84. The zero-order valence-electron chi connectivity index (χ0n) is 10.3. The highest BCUT2D eigenvalue weighted by Gasteiger charge is 2.18. The van der Waals surface area contributed by atoms with E-state index in [4.69, 9.17) is 4.42 Å². The first-order valence-electron chi connectivity index (χ1n) is 5.47. The second-order valence-electron chi connectivity index (χ2n) is 3.98. The van der Waals surface area contributed by atoms with Crippen LogP contribution in [0.2, 0.25) is 0 Å². The number of carbonyl (C=O) groups is 1. The lowest BCUT2D eigenvalue weighted by atomic mass is 10.2. The van der Waals surface area contributed by atoms with Gasteiger partial charge in [-0.05, 0) is 48.8 Å². The fourth-order valence-corrected chi connectivity index (χ4v) is 2.95. The van der Waals surface area contributed by atoms with Crippen LogP contribution in [0.5, 0.6) is 0 Å². The number of nitrogens with zero attached hydrogens (tertiary/aromatic N) is 1. The van der Waals surface area contributed by atoms with Gasteiger partial charge < -0.3 is 9.73 Å². The summed E-state index contributed by atoms with van der Waals surface area (Å²) in [6.45, 7) is 5.85. The van der Waals surface area contributed by atoms with Gasteiger partial charge in [0.15, 0.2) is 10.4 Å². The Balaban J connectivity index is 2.10. The van der Waals surface area contributed by atoms with Crippen LogP contribution in [-0.4, -0.2) is 10.9 Å². The van der Waals surface area contributed by atoms with Gasteiger partial charge in [0.1, 0.15) is 0 Å². The maximum Gasteiger partial charge on any atom is 0.287 e. The molecular weight excluding hydrogens is 316 g/mol. The van der Waals surface area contributed by atoms with Crippen LogP contribution in [0.4, 0.5) is 0 Å². The Labute approximate surface area is 118 Å². The molecule has 0 bridgehead atoms. The Morgan fingerprint density at radius 3 is 2.72 bits per heavy atom. The number of hydrogen-bond donors (Lipinski definition) is 1.